The van der Waals surface area contributed by atoms with Crippen LogP contribution in [0.4, 0.5) is 5.82 Å². The van der Waals surface area contributed by atoms with Gasteiger partial charge in [-0.25, -0.2) is 4.98 Å². The van der Waals surface area contributed by atoms with Gasteiger partial charge in [-0.05, 0) is 6.07 Å². The number of fused-ring (bicyclic) bond motifs is 1. The van der Waals surface area contributed by atoms with E-state index < -0.39 is 0 Å². The second-order valence-electron chi connectivity index (χ2n) is 2.44. The molecule has 0 saturated carbocycles. The maximum Gasteiger partial charge on any atom is 0.151 e. The standard InChI is InChI=1S/C7H8N4/c1-11-4-5-2-3-9-7(8)6(5)10-11/h2-4H,1H3,(H2,8,9). The molecule has 0 unspecified atom stereocenters. The zero-order chi connectivity index (χ0) is 7.84. The highest BCUT2D eigenvalue weighted by atomic mass is 15.3. The minimum Gasteiger partial charge on any atom is -0.382 e. The molecule has 0 aliphatic heterocycles. The van der Waals surface area contributed by atoms with Gasteiger partial charge in [-0.2, -0.15) is 5.10 Å². The Balaban J connectivity index is 2.90. The first kappa shape index (κ1) is 6.15. The van der Waals surface area contributed by atoms with Gasteiger partial charge in [0.15, 0.2) is 5.82 Å². The minimum absolute atomic E-state index is 0.489. The molecule has 0 aliphatic carbocycles. The van der Waals surface area contributed by atoms with Gasteiger partial charge in [0.25, 0.3) is 0 Å². The average Bonchev–Trinajstić information content (AvgIpc) is 2.31. The predicted molar refractivity (Wildman–Crippen MR) is 42.9 cm³/mol. The number of anilines is 1. The van der Waals surface area contributed by atoms with Gasteiger partial charge in [-0.1, -0.05) is 0 Å². The van der Waals surface area contributed by atoms with Crippen LogP contribution in [0.5, 0.6) is 0 Å². The Morgan fingerprint density at radius 1 is 1.55 bits per heavy atom. The van der Waals surface area contributed by atoms with E-state index in [4.69, 9.17) is 5.73 Å². The van der Waals surface area contributed by atoms with Crippen LogP contribution in [-0.2, 0) is 7.05 Å². The van der Waals surface area contributed by atoms with E-state index in [2.05, 4.69) is 10.1 Å². The number of nitrogens with two attached hydrogens (primary N) is 1. The van der Waals surface area contributed by atoms with E-state index in [9.17, 15) is 0 Å². The molecule has 0 saturated heterocycles. The fourth-order valence-corrected chi connectivity index (χ4v) is 1.09. The third kappa shape index (κ3) is 0.832. The summed E-state index contributed by atoms with van der Waals surface area (Å²) in [7, 11) is 1.86. The summed E-state index contributed by atoms with van der Waals surface area (Å²) >= 11 is 0. The summed E-state index contributed by atoms with van der Waals surface area (Å²) in [5.74, 6) is 0.489. The van der Waals surface area contributed by atoms with Crippen molar-refractivity contribution in [2.45, 2.75) is 0 Å². The number of hydrogen-bond acceptors (Lipinski definition) is 3. The fourth-order valence-electron chi connectivity index (χ4n) is 1.09. The fraction of sp³-hybridized carbons (Fsp3) is 0.143. The van der Waals surface area contributed by atoms with Gasteiger partial charge in [0.05, 0.1) is 0 Å². The third-order valence-electron chi connectivity index (χ3n) is 1.57. The van der Waals surface area contributed by atoms with Crippen LogP contribution in [0, 0.1) is 0 Å². The number of aryl methyl sites for hydroxylation is 1. The maximum absolute atomic E-state index is 5.58. The van der Waals surface area contributed by atoms with E-state index in [-0.39, 0.29) is 0 Å². The van der Waals surface area contributed by atoms with Crippen molar-refractivity contribution in [3.63, 3.8) is 0 Å². The molecule has 2 heterocycles. The zero-order valence-corrected chi connectivity index (χ0v) is 6.15. The molecule has 0 aromatic carbocycles. The Bertz CT molecular complexity index is 390. The molecule has 2 rings (SSSR count). The summed E-state index contributed by atoms with van der Waals surface area (Å²) in [5, 5.41) is 5.17. The summed E-state index contributed by atoms with van der Waals surface area (Å²) < 4.78 is 1.72. The van der Waals surface area contributed by atoms with Crippen LogP contribution in [0.1, 0.15) is 0 Å². The number of pyridine rings is 1. The summed E-state index contributed by atoms with van der Waals surface area (Å²) in [6.45, 7) is 0. The van der Waals surface area contributed by atoms with Crippen molar-refractivity contribution >= 4 is 16.7 Å². The van der Waals surface area contributed by atoms with Crippen LogP contribution in [0.2, 0.25) is 0 Å². The topological polar surface area (TPSA) is 56.7 Å². The molecule has 2 N–H and O–H groups in total. The number of nitrogens with zero attached hydrogens (tertiary/aromatic N) is 3. The second kappa shape index (κ2) is 1.95. The molecule has 0 aliphatic rings. The first-order valence-electron chi connectivity index (χ1n) is 3.31. The maximum atomic E-state index is 5.58. The highest BCUT2D eigenvalue weighted by Crippen LogP contribution is 2.14. The smallest absolute Gasteiger partial charge is 0.151 e. The molecule has 11 heavy (non-hydrogen) atoms. The van der Waals surface area contributed by atoms with Gasteiger partial charge < -0.3 is 5.73 Å². The van der Waals surface area contributed by atoms with Crippen molar-refractivity contribution in [2.24, 2.45) is 7.05 Å². The highest BCUT2D eigenvalue weighted by molar-refractivity contribution is 5.86. The van der Waals surface area contributed by atoms with Gasteiger partial charge in [0.2, 0.25) is 0 Å². The summed E-state index contributed by atoms with van der Waals surface area (Å²) in [6.07, 6.45) is 3.59. The monoisotopic (exact) mass is 148 g/mol. The van der Waals surface area contributed by atoms with Crippen molar-refractivity contribution in [2.75, 3.05) is 5.73 Å². The van der Waals surface area contributed by atoms with Crippen LogP contribution in [-0.4, -0.2) is 14.8 Å². The van der Waals surface area contributed by atoms with Gasteiger partial charge in [-0.15, -0.1) is 0 Å². The summed E-state index contributed by atoms with van der Waals surface area (Å²) in [4.78, 5) is 3.92. The van der Waals surface area contributed by atoms with E-state index in [1.165, 1.54) is 0 Å². The molecule has 4 heteroatoms. The molecule has 0 bridgehead atoms. The van der Waals surface area contributed by atoms with Crippen LogP contribution >= 0.6 is 0 Å². The Morgan fingerprint density at radius 3 is 3.09 bits per heavy atom. The largest absolute Gasteiger partial charge is 0.382 e. The van der Waals surface area contributed by atoms with Crippen molar-refractivity contribution < 1.29 is 0 Å². The quantitative estimate of drug-likeness (QED) is 0.593. The average molecular weight is 148 g/mol. The van der Waals surface area contributed by atoms with Crippen LogP contribution in [0.15, 0.2) is 18.5 Å². The molecule has 0 amide bonds. The zero-order valence-electron chi connectivity index (χ0n) is 6.15. The molecule has 0 spiro atoms. The van der Waals surface area contributed by atoms with Crippen LogP contribution < -0.4 is 5.73 Å². The van der Waals surface area contributed by atoms with E-state index in [1.54, 1.807) is 10.9 Å². The van der Waals surface area contributed by atoms with E-state index in [1.807, 2.05) is 19.3 Å². The number of rotatable bonds is 0. The van der Waals surface area contributed by atoms with Crippen molar-refractivity contribution in [3.05, 3.63) is 18.5 Å². The number of hydrogen-bond donors (Lipinski definition) is 1. The Labute approximate surface area is 63.6 Å². The highest BCUT2D eigenvalue weighted by Gasteiger charge is 2.00. The summed E-state index contributed by atoms with van der Waals surface area (Å²) in [6, 6.07) is 1.89. The molecule has 0 radical (unpaired) electrons. The lowest BCUT2D eigenvalue weighted by Crippen LogP contribution is -1.91. The minimum atomic E-state index is 0.489. The lowest BCUT2D eigenvalue weighted by atomic mass is 10.3. The molecule has 2 aromatic heterocycles. The lowest BCUT2D eigenvalue weighted by molar-refractivity contribution is 0.779. The lowest BCUT2D eigenvalue weighted by Gasteiger charge is -1.89. The van der Waals surface area contributed by atoms with Crippen LogP contribution in [0.3, 0.4) is 0 Å². The van der Waals surface area contributed by atoms with Gasteiger partial charge in [0.1, 0.15) is 5.52 Å². The van der Waals surface area contributed by atoms with Crippen molar-refractivity contribution in [1.29, 1.82) is 0 Å². The first-order chi connectivity index (χ1) is 5.27. The van der Waals surface area contributed by atoms with E-state index >= 15 is 0 Å². The Morgan fingerprint density at radius 2 is 2.36 bits per heavy atom. The molecule has 56 valence electrons. The van der Waals surface area contributed by atoms with Gasteiger partial charge in [0, 0.05) is 24.8 Å². The molecule has 0 atom stereocenters. The normalized spacial score (nSPS) is 10.6. The molecule has 4 nitrogen and oxygen atoms in total. The Hall–Kier alpha value is -1.58. The molecule has 0 fully saturated rings. The molecular formula is C7H8N4. The Kier molecular flexibility index (Phi) is 1.09. The van der Waals surface area contributed by atoms with E-state index in [0.29, 0.717) is 5.82 Å². The van der Waals surface area contributed by atoms with Crippen LogP contribution in [0.25, 0.3) is 10.9 Å². The first-order valence-corrected chi connectivity index (χ1v) is 3.31. The SMILES string of the molecule is Cn1cc2ccnc(N)c2n1. The molecular weight excluding hydrogens is 140 g/mol. The third-order valence-corrected chi connectivity index (χ3v) is 1.57. The second-order valence-corrected chi connectivity index (χ2v) is 2.44. The van der Waals surface area contributed by atoms with Crippen molar-refractivity contribution in [3.8, 4) is 0 Å². The van der Waals surface area contributed by atoms with Crippen molar-refractivity contribution in [1.82, 2.24) is 14.8 Å². The summed E-state index contributed by atoms with van der Waals surface area (Å²) in [5.41, 5.74) is 6.36. The van der Waals surface area contributed by atoms with E-state index in [0.717, 1.165) is 10.9 Å². The number of nitrogen functional groups attached to an aromatic ring is 1. The number of aromatic nitrogens is 3. The molecule has 2 aromatic rings. The predicted octanol–water partition coefficient (Wildman–Crippen LogP) is 0.550. The van der Waals surface area contributed by atoms with Gasteiger partial charge >= 0.3 is 0 Å². The van der Waals surface area contributed by atoms with Gasteiger partial charge in [-0.3, -0.25) is 4.68 Å².